The van der Waals surface area contributed by atoms with Crippen molar-refractivity contribution in [1.29, 1.82) is 0 Å². The van der Waals surface area contributed by atoms with Gasteiger partial charge in [-0.2, -0.15) is 0 Å². The Balaban J connectivity index is 4.31. The lowest BCUT2D eigenvalue weighted by Gasteiger charge is -2.26. The summed E-state index contributed by atoms with van der Waals surface area (Å²) < 4.78 is 0. The van der Waals surface area contributed by atoms with Crippen LogP contribution in [0.25, 0.3) is 0 Å². The van der Waals surface area contributed by atoms with Crippen LogP contribution in [-0.2, 0) is 9.59 Å². The van der Waals surface area contributed by atoms with Crippen LogP contribution in [0.4, 0.5) is 0 Å². The lowest BCUT2D eigenvalue weighted by molar-refractivity contribution is -0.134. The van der Waals surface area contributed by atoms with Gasteiger partial charge in [-0.1, -0.05) is 19.9 Å². The first-order chi connectivity index (χ1) is 8.31. The summed E-state index contributed by atoms with van der Waals surface area (Å²) in [4.78, 5) is 25.2. The Hall–Kier alpha value is -1.36. The molecule has 0 saturated carbocycles. The number of nitrogens with zero attached hydrogens (tertiary/aromatic N) is 1. The number of nitrogens with one attached hydrogen (secondary N) is 1. The van der Waals surface area contributed by atoms with E-state index in [-0.39, 0.29) is 30.3 Å². The predicted octanol–water partition coefficient (Wildman–Crippen LogP) is 0.509. The molecule has 0 aliphatic carbocycles. The van der Waals surface area contributed by atoms with E-state index in [0.29, 0.717) is 6.54 Å². The van der Waals surface area contributed by atoms with E-state index in [2.05, 4.69) is 11.9 Å². The summed E-state index contributed by atoms with van der Waals surface area (Å²) in [5.74, 6) is -0.371. The van der Waals surface area contributed by atoms with Gasteiger partial charge in [-0.05, 0) is 19.8 Å². The van der Waals surface area contributed by atoms with Crippen molar-refractivity contribution in [3.8, 4) is 0 Å². The molecule has 0 aromatic rings. The van der Waals surface area contributed by atoms with E-state index in [1.165, 1.54) is 0 Å². The SMILES string of the molecule is C=CCN(C(=O)CNC(=O)[C@@H](N)C(C)C)C(C)C. The molecule has 5 heteroatoms. The summed E-state index contributed by atoms with van der Waals surface area (Å²) in [6, 6.07) is -0.504. The summed E-state index contributed by atoms with van der Waals surface area (Å²) in [6.07, 6.45) is 1.67. The Bertz CT molecular complexity index is 301. The fraction of sp³-hybridized carbons (Fsp3) is 0.692. The number of carbonyl (C=O) groups is 2. The second-order valence-electron chi connectivity index (χ2n) is 4.92. The third kappa shape index (κ3) is 5.31. The Morgan fingerprint density at radius 1 is 1.33 bits per heavy atom. The van der Waals surface area contributed by atoms with Crippen LogP contribution in [0.1, 0.15) is 27.7 Å². The van der Waals surface area contributed by atoms with Crippen LogP contribution < -0.4 is 11.1 Å². The highest BCUT2D eigenvalue weighted by atomic mass is 16.2. The monoisotopic (exact) mass is 255 g/mol. The van der Waals surface area contributed by atoms with Crippen LogP contribution in [0.3, 0.4) is 0 Å². The first kappa shape index (κ1) is 16.6. The maximum atomic E-state index is 11.9. The molecular formula is C13H25N3O2. The second-order valence-corrected chi connectivity index (χ2v) is 4.92. The lowest BCUT2D eigenvalue weighted by Crippen LogP contribution is -2.49. The fourth-order valence-electron chi connectivity index (χ4n) is 1.42. The van der Waals surface area contributed by atoms with E-state index in [9.17, 15) is 9.59 Å². The van der Waals surface area contributed by atoms with Crippen molar-refractivity contribution in [2.45, 2.75) is 39.8 Å². The van der Waals surface area contributed by atoms with Gasteiger partial charge in [-0.3, -0.25) is 9.59 Å². The standard InChI is InChI=1S/C13H25N3O2/c1-6-7-16(10(4)5)11(17)8-15-13(18)12(14)9(2)3/h6,9-10,12H,1,7-8,14H2,2-5H3,(H,15,18)/t12-/m0/s1. The highest BCUT2D eigenvalue weighted by Crippen LogP contribution is 2.00. The number of hydrogen-bond donors (Lipinski definition) is 2. The maximum absolute atomic E-state index is 11.9. The topological polar surface area (TPSA) is 75.4 Å². The Morgan fingerprint density at radius 3 is 2.28 bits per heavy atom. The number of nitrogens with two attached hydrogens (primary N) is 1. The van der Waals surface area contributed by atoms with Gasteiger partial charge in [0, 0.05) is 12.6 Å². The summed E-state index contributed by atoms with van der Waals surface area (Å²) >= 11 is 0. The molecule has 0 radical (unpaired) electrons. The van der Waals surface area contributed by atoms with E-state index < -0.39 is 6.04 Å². The molecule has 5 nitrogen and oxygen atoms in total. The molecule has 0 fully saturated rings. The molecule has 0 aromatic heterocycles. The van der Waals surface area contributed by atoms with Crippen LogP contribution in [0.15, 0.2) is 12.7 Å². The zero-order chi connectivity index (χ0) is 14.3. The molecule has 2 amide bonds. The molecule has 0 aliphatic heterocycles. The third-order valence-electron chi connectivity index (χ3n) is 2.70. The Labute approximate surface area is 109 Å². The van der Waals surface area contributed by atoms with Crippen molar-refractivity contribution >= 4 is 11.8 Å². The van der Waals surface area contributed by atoms with Crippen LogP contribution in [-0.4, -0.2) is 41.9 Å². The van der Waals surface area contributed by atoms with Crippen LogP contribution in [0.2, 0.25) is 0 Å². The summed E-state index contributed by atoms with van der Waals surface area (Å²) in [7, 11) is 0. The fourth-order valence-corrected chi connectivity index (χ4v) is 1.42. The average Bonchev–Trinajstić information content (AvgIpc) is 2.30. The molecule has 0 spiro atoms. The highest BCUT2D eigenvalue weighted by molar-refractivity contribution is 5.87. The lowest BCUT2D eigenvalue weighted by atomic mass is 10.1. The van der Waals surface area contributed by atoms with E-state index in [1.54, 1.807) is 11.0 Å². The van der Waals surface area contributed by atoms with Gasteiger partial charge in [-0.15, -0.1) is 6.58 Å². The zero-order valence-electron chi connectivity index (χ0n) is 11.8. The van der Waals surface area contributed by atoms with Gasteiger partial charge in [-0.25, -0.2) is 0 Å². The Kier molecular flexibility index (Phi) is 7.27. The molecule has 3 N–H and O–H groups in total. The maximum Gasteiger partial charge on any atom is 0.242 e. The molecule has 0 saturated heterocycles. The van der Waals surface area contributed by atoms with Gasteiger partial charge in [0.25, 0.3) is 0 Å². The Morgan fingerprint density at radius 2 is 1.89 bits per heavy atom. The van der Waals surface area contributed by atoms with Crippen molar-refractivity contribution in [2.75, 3.05) is 13.1 Å². The van der Waals surface area contributed by atoms with Crippen LogP contribution >= 0.6 is 0 Å². The average molecular weight is 255 g/mol. The molecule has 0 aliphatic rings. The molecule has 0 aromatic carbocycles. The van der Waals surface area contributed by atoms with Gasteiger partial charge >= 0.3 is 0 Å². The van der Waals surface area contributed by atoms with Gasteiger partial charge in [0.05, 0.1) is 12.6 Å². The van der Waals surface area contributed by atoms with Crippen LogP contribution in [0, 0.1) is 5.92 Å². The van der Waals surface area contributed by atoms with Gasteiger partial charge in [0.1, 0.15) is 0 Å². The smallest absolute Gasteiger partial charge is 0.242 e. The van der Waals surface area contributed by atoms with Gasteiger partial charge < -0.3 is 16.0 Å². The first-order valence-corrected chi connectivity index (χ1v) is 6.24. The molecule has 18 heavy (non-hydrogen) atoms. The molecule has 0 heterocycles. The molecule has 0 unspecified atom stereocenters. The van der Waals surface area contributed by atoms with E-state index >= 15 is 0 Å². The molecule has 0 rings (SSSR count). The van der Waals surface area contributed by atoms with Crippen LogP contribution in [0.5, 0.6) is 0 Å². The minimum atomic E-state index is -0.579. The normalized spacial score (nSPS) is 12.4. The quantitative estimate of drug-likeness (QED) is 0.651. The number of amides is 2. The highest BCUT2D eigenvalue weighted by Gasteiger charge is 2.20. The molecule has 0 bridgehead atoms. The first-order valence-electron chi connectivity index (χ1n) is 6.24. The summed E-state index contributed by atoms with van der Waals surface area (Å²) in [5.41, 5.74) is 5.69. The molecular weight excluding hydrogens is 230 g/mol. The van der Waals surface area contributed by atoms with Gasteiger partial charge in [0.15, 0.2) is 0 Å². The molecule has 1 atom stereocenters. The largest absolute Gasteiger partial charge is 0.346 e. The minimum Gasteiger partial charge on any atom is -0.346 e. The van der Waals surface area contributed by atoms with Crippen molar-refractivity contribution in [1.82, 2.24) is 10.2 Å². The summed E-state index contributed by atoms with van der Waals surface area (Å²) in [6.45, 7) is 11.6. The van der Waals surface area contributed by atoms with Crippen molar-refractivity contribution in [2.24, 2.45) is 11.7 Å². The summed E-state index contributed by atoms with van der Waals surface area (Å²) in [5, 5.41) is 2.57. The third-order valence-corrected chi connectivity index (χ3v) is 2.70. The number of hydrogen-bond acceptors (Lipinski definition) is 3. The predicted molar refractivity (Wildman–Crippen MR) is 72.9 cm³/mol. The second kappa shape index (κ2) is 7.87. The van der Waals surface area contributed by atoms with E-state index in [0.717, 1.165) is 0 Å². The van der Waals surface area contributed by atoms with Gasteiger partial charge in [0.2, 0.25) is 11.8 Å². The van der Waals surface area contributed by atoms with E-state index in [1.807, 2.05) is 27.7 Å². The number of carbonyl (C=O) groups excluding carboxylic acids is 2. The van der Waals surface area contributed by atoms with Crippen molar-refractivity contribution in [3.05, 3.63) is 12.7 Å². The van der Waals surface area contributed by atoms with Crippen molar-refractivity contribution < 1.29 is 9.59 Å². The van der Waals surface area contributed by atoms with E-state index in [4.69, 9.17) is 5.73 Å². The minimum absolute atomic E-state index is 0.0225. The zero-order valence-corrected chi connectivity index (χ0v) is 11.8. The number of rotatable bonds is 7. The molecule has 104 valence electrons. The van der Waals surface area contributed by atoms with Crippen molar-refractivity contribution in [3.63, 3.8) is 0 Å².